The molecule has 2 aromatic heterocycles. The van der Waals surface area contributed by atoms with E-state index in [1.807, 2.05) is 30.3 Å². The molecule has 1 fully saturated rings. The van der Waals surface area contributed by atoms with Crippen LogP contribution in [0.2, 0.25) is 0 Å². The Morgan fingerprint density at radius 3 is 2.58 bits per heavy atom. The molecule has 0 amide bonds. The molecule has 5 rings (SSSR count). The summed E-state index contributed by atoms with van der Waals surface area (Å²) < 4.78 is 30.0. The van der Waals surface area contributed by atoms with Gasteiger partial charge in [0.25, 0.3) is 0 Å². The maximum atomic E-state index is 12.9. The number of rotatable bonds is 7. The van der Waals surface area contributed by atoms with Crippen LogP contribution in [0.3, 0.4) is 0 Å². The number of sulfonamides is 1. The highest BCUT2D eigenvalue weighted by molar-refractivity contribution is 9.10. The van der Waals surface area contributed by atoms with Gasteiger partial charge in [0, 0.05) is 42.6 Å². The van der Waals surface area contributed by atoms with Gasteiger partial charge in [-0.3, -0.25) is 0 Å². The first-order chi connectivity index (χ1) is 17.3. The van der Waals surface area contributed by atoms with Gasteiger partial charge >= 0.3 is 0 Å². The summed E-state index contributed by atoms with van der Waals surface area (Å²) in [6.45, 7) is 1.70. The molecule has 1 aliphatic heterocycles. The van der Waals surface area contributed by atoms with Crippen LogP contribution in [0.4, 0.5) is 17.2 Å². The van der Waals surface area contributed by atoms with Crippen LogP contribution in [0.1, 0.15) is 18.4 Å². The molecule has 188 valence electrons. The highest BCUT2D eigenvalue weighted by Crippen LogP contribution is 2.30. The number of nitrogen functional groups attached to an aromatic ring is 2. The second kappa shape index (κ2) is 10.1. The fraction of sp³-hybridized carbons (Fsp3) is 0.280. The quantitative estimate of drug-likeness (QED) is 0.287. The third-order valence-electron chi connectivity index (χ3n) is 6.50. The van der Waals surface area contributed by atoms with E-state index in [4.69, 9.17) is 16.5 Å². The Hall–Kier alpha value is -3.15. The topological polar surface area (TPSA) is 132 Å². The lowest BCUT2D eigenvalue weighted by Gasteiger charge is -2.31. The minimum atomic E-state index is -3.39. The van der Waals surface area contributed by atoms with Gasteiger partial charge in [-0.2, -0.15) is 9.61 Å². The van der Waals surface area contributed by atoms with Crippen molar-refractivity contribution < 1.29 is 8.42 Å². The molecule has 0 unspecified atom stereocenters. The van der Waals surface area contributed by atoms with Crippen molar-refractivity contribution in [1.82, 2.24) is 18.9 Å². The van der Waals surface area contributed by atoms with Crippen molar-refractivity contribution in [1.29, 1.82) is 0 Å². The van der Waals surface area contributed by atoms with Crippen LogP contribution in [-0.2, 0) is 15.8 Å². The van der Waals surface area contributed by atoms with Crippen molar-refractivity contribution in [2.75, 3.05) is 36.4 Å². The first-order valence-corrected chi connectivity index (χ1v) is 14.2. The summed E-state index contributed by atoms with van der Waals surface area (Å²) in [5.41, 5.74) is 16.2. The van der Waals surface area contributed by atoms with Crippen LogP contribution in [0, 0.1) is 5.92 Å². The molecule has 0 spiro atoms. The minimum Gasteiger partial charge on any atom is -0.399 e. The molecule has 2 aromatic carbocycles. The number of aromatic nitrogens is 3. The first-order valence-electron chi connectivity index (χ1n) is 11.8. The van der Waals surface area contributed by atoms with Gasteiger partial charge in [-0.05, 0) is 58.5 Å². The number of fused-ring (bicyclic) bond motifs is 1. The molecule has 0 aliphatic carbocycles. The molecular weight excluding hydrogens is 542 g/mol. The maximum absolute atomic E-state index is 12.9. The predicted molar refractivity (Wildman–Crippen MR) is 147 cm³/mol. The number of piperidine rings is 1. The molecule has 0 atom stereocenters. The van der Waals surface area contributed by atoms with E-state index in [0.717, 1.165) is 34.4 Å². The fourth-order valence-corrected chi connectivity index (χ4v) is 6.45. The van der Waals surface area contributed by atoms with E-state index in [1.54, 1.807) is 39.3 Å². The summed E-state index contributed by atoms with van der Waals surface area (Å²) in [5, 5.41) is 7.96. The lowest BCUT2D eigenvalue weighted by Crippen LogP contribution is -2.40. The zero-order valence-electron chi connectivity index (χ0n) is 19.6. The maximum Gasteiger partial charge on any atom is 0.218 e. The Morgan fingerprint density at radius 2 is 1.83 bits per heavy atom. The summed E-state index contributed by atoms with van der Waals surface area (Å²) in [7, 11) is -3.39. The van der Waals surface area contributed by atoms with Gasteiger partial charge in [-0.1, -0.05) is 30.3 Å². The Labute approximate surface area is 218 Å². The molecule has 0 radical (unpaired) electrons. The molecular formula is C25H28BrN7O2S. The van der Waals surface area contributed by atoms with E-state index in [0.29, 0.717) is 48.1 Å². The molecule has 1 saturated heterocycles. The second-order valence-electron chi connectivity index (χ2n) is 9.07. The molecule has 4 aromatic rings. The number of halogens is 1. The summed E-state index contributed by atoms with van der Waals surface area (Å²) in [6.07, 6.45) is 3.27. The van der Waals surface area contributed by atoms with E-state index < -0.39 is 10.0 Å². The normalized spacial score (nSPS) is 15.4. The highest BCUT2D eigenvalue weighted by Gasteiger charge is 2.28. The average molecular weight is 571 g/mol. The van der Waals surface area contributed by atoms with Crippen molar-refractivity contribution in [3.63, 3.8) is 0 Å². The number of nitrogens with zero attached hydrogens (tertiary/aromatic N) is 4. The van der Waals surface area contributed by atoms with Gasteiger partial charge in [-0.15, -0.1) is 0 Å². The average Bonchev–Trinajstić information content (AvgIpc) is 3.23. The zero-order valence-corrected chi connectivity index (χ0v) is 22.0. The number of nitrogens with two attached hydrogens (primary N) is 2. The SMILES string of the molecule is Nc1cccc(CS(=O)(=O)N2CCC(CNc3cc(-c4ccccc4N)nc4c(Br)cnn34)CC2)c1. The number of anilines is 3. The largest absolute Gasteiger partial charge is 0.399 e. The van der Waals surface area contributed by atoms with Gasteiger partial charge in [0.05, 0.1) is 22.1 Å². The Kier molecular flexibility index (Phi) is 6.87. The van der Waals surface area contributed by atoms with Gasteiger partial charge < -0.3 is 16.8 Å². The van der Waals surface area contributed by atoms with Crippen molar-refractivity contribution in [2.24, 2.45) is 5.92 Å². The standard InChI is InChI=1S/C25H28BrN7O2S/c26-21-15-30-33-24(13-23(31-25(21)33)20-6-1-2-7-22(20)28)29-14-17-8-10-32(11-9-17)36(34,35)16-18-4-3-5-19(27)12-18/h1-7,12-13,15,17,29H,8-11,14,16,27-28H2. The van der Waals surface area contributed by atoms with Gasteiger partial charge in [-0.25, -0.2) is 17.7 Å². The highest BCUT2D eigenvalue weighted by atomic mass is 79.9. The van der Waals surface area contributed by atoms with Crippen molar-refractivity contribution in [3.8, 4) is 11.3 Å². The van der Waals surface area contributed by atoms with Crippen molar-refractivity contribution in [2.45, 2.75) is 18.6 Å². The van der Waals surface area contributed by atoms with Crippen LogP contribution < -0.4 is 16.8 Å². The zero-order chi connectivity index (χ0) is 25.3. The van der Waals surface area contributed by atoms with E-state index in [1.165, 1.54) is 0 Å². The van der Waals surface area contributed by atoms with Crippen LogP contribution in [0.5, 0.6) is 0 Å². The number of nitrogens with one attached hydrogen (secondary N) is 1. The number of benzene rings is 2. The van der Waals surface area contributed by atoms with Crippen molar-refractivity contribution in [3.05, 3.63) is 70.8 Å². The lowest BCUT2D eigenvalue weighted by molar-refractivity contribution is 0.282. The van der Waals surface area contributed by atoms with Crippen molar-refractivity contribution >= 4 is 48.8 Å². The fourth-order valence-electron chi connectivity index (χ4n) is 4.56. The molecule has 5 N–H and O–H groups in total. The molecule has 9 nitrogen and oxygen atoms in total. The first kappa shape index (κ1) is 24.5. The number of hydrogen-bond donors (Lipinski definition) is 3. The molecule has 0 bridgehead atoms. The van der Waals surface area contributed by atoms with Crippen LogP contribution in [-0.4, -0.2) is 47.0 Å². The number of hydrogen-bond acceptors (Lipinski definition) is 7. The minimum absolute atomic E-state index is 0.0322. The summed E-state index contributed by atoms with van der Waals surface area (Å²) in [4.78, 5) is 4.75. The Bertz CT molecular complexity index is 1500. The summed E-state index contributed by atoms with van der Waals surface area (Å²) in [6, 6.07) is 16.6. The van der Waals surface area contributed by atoms with E-state index in [2.05, 4.69) is 26.3 Å². The van der Waals surface area contributed by atoms with E-state index >= 15 is 0 Å². The van der Waals surface area contributed by atoms with E-state index in [9.17, 15) is 8.42 Å². The van der Waals surface area contributed by atoms with Gasteiger partial charge in [0.1, 0.15) is 5.82 Å². The monoisotopic (exact) mass is 569 g/mol. The lowest BCUT2D eigenvalue weighted by atomic mass is 9.98. The smallest absolute Gasteiger partial charge is 0.218 e. The van der Waals surface area contributed by atoms with Crippen LogP contribution in [0.15, 0.2) is 65.3 Å². The molecule has 36 heavy (non-hydrogen) atoms. The predicted octanol–water partition coefficient (Wildman–Crippen LogP) is 3.98. The number of para-hydroxylation sites is 1. The van der Waals surface area contributed by atoms with E-state index in [-0.39, 0.29) is 5.75 Å². The third kappa shape index (κ3) is 5.18. The molecule has 11 heteroatoms. The molecule has 0 saturated carbocycles. The molecule has 1 aliphatic rings. The Balaban J connectivity index is 1.26. The molecule has 3 heterocycles. The summed E-state index contributed by atoms with van der Waals surface area (Å²) in [5.74, 6) is 1.10. The Morgan fingerprint density at radius 1 is 1.06 bits per heavy atom. The second-order valence-corrected chi connectivity index (χ2v) is 11.9. The van der Waals surface area contributed by atoms with Crippen LogP contribution >= 0.6 is 15.9 Å². The summed E-state index contributed by atoms with van der Waals surface area (Å²) >= 11 is 3.53. The van der Waals surface area contributed by atoms with Crippen LogP contribution in [0.25, 0.3) is 16.9 Å². The van der Waals surface area contributed by atoms with Gasteiger partial charge in [0.2, 0.25) is 10.0 Å². The van der Waals surface area contributed by atoms with Gasteiger partial charge in [0.15, 0.2) is 5.65 Å². The third-order valence-corrected chi connectivity index (χ3v) is 8.91.